The first-order valence-electron chi connectivity index (χ1n) is 10.7. The lowest BCUT2D eigenvalue weighted by Crippen LogP contribution is -2.04. The van der Waals surface area contributed by atoms with Crippen LogP contribution in [0.25, 0.3) is 45.3 Å². The molecular weight excluding hydrogens is 468 g/mol. The molecule has 0 radical (unpaired) electrons. The van der Waals surface area contributed by atoms with Gasteiger partial charge >= 0.3 is 0 Å². The first-order valence-corrected chi connectivity index (χ1v) is 10.7. The second kappa shape index (κ2) is 9.39. The Morgan fingerprint density at radius 2 is 0.833 bits per heavy atom. The molecule has 0 amide bonds. The predicted octanol–water partition coefficient (Wildman–Crippen LogP) is 6.97. The van der Waals surface area contributed by atoms with Gasteiger partial charge in [0.05, 0.1) is 5.56 Å². The summed E-state index contributed by atoms with van der Waals surface area (Å²) in [6, 6.07) is 25.3. The number of aromatic nitrogens is 3. The summed E-state index contributed by atoms with van der Waals surface area (Å²) in [6.07, 6.45) is 0. The molecule has 0 atom stereocenters. The molecule has 174 valence electrons. The van der Waals surface area contributed by atoms with Gasteiger partial charge in [-0.05, 0) is 5.56 Å². The second-order valence-electron chi connectivity index (χ2n) is 7.73. The molecule has 1 heterocycles. The van der Waals surface area contributed by atoms with E-state index in [1.165, 1.54) is 24.3 Å². The van der Waals surface area contributed by atoms with Gasteiger partial charge < -0.3 is 0 Å². The van der Waals surface area contributed by atoms with Crippen LogP contribution in [-0.2, 0) is 0 Å². The standard InChI is InChI=1S/C28H14F4N4/c29-22-20(15-33)23(30)25(32)21(24(22)31)16-11-13-19(14-12-16)28-35-26(17-7-3-1-4-8-17)34-27(36-28)18-9-5-2-6-10-18/h1-14H. The minimum absolute atomic E-state index is 0.114. The van der Waals surface area contributed by atoms with Gasteiger partial charge in [-0.1, -0.05) is 84.9 Å². The number of halogens is 4. The topological polar surface area (TPSA) is 62.5 Å². The zero-order chi connectivity index (χ0) is 25.2. The van der Waals surface area contributed by atoms with E-state index < -0.39 is 34.4 Å². The van der Waals surface area contributed by atoms with Gasteiger partial charge in [-0.25, -0.2) is 32.5 Å². The molecule has 4 aromatic carbocycles. The molecule has 5 aromatic rings. The van der Waals surface area contributed by atoms with Crippen molar-refractivity contribution < 1.29 is 17.6 Å². The van der Waals surface area contributed by atoms with E-state index in [9.17, 15) is 17.6 Å². The molecule has 1 aromatic heterocycles. The van der Waals surface area contributed by atoms with Crippen molar-refractivity contribution in [3.05, 3.63) is 114 Å². The van der Waals surface area contributed by atoms with E-state index in [2.05, 4.69) is 15.0 Å². The van der Waals surface area contributed by atoms with Gasteiger partial charge in [0.2, 0.25) is 0 Å². The van der Waals surface area contributed by atoms with Gasteiger partial charge in [0, 0.05) is 16.7 Å². The zero-order valence-electron chi connectivity index (χ0n) is 18.4. The van der Waals surface area contributed by atoms with Crippen LogP contribution >= 0.6 is 0 Å². The Bertz CT molecular complexity index is 1530. The molecule has 0 bridgehead atoms. The number of hydrogen-bond acceptors (Lipinski definition) is 4. The molecule has 5 rings (SSSR count). The summed E-state index contributed by atoms with van der Waals surface area (Å²) in [5.74, 6) is -5.62. The molecule has 0 aliphatic rings. The maximum atomic E-state index is 14.5. The molecule has 0 spiro atoms. The maximum Gasteiger partial charge on any atom is 0.180 e. The Morgan fingerprint density at radius 3 is 1.22 bits per heavy atom. The van der Waals surface area contributed by atoms with Crippen molar-refractivity contribution in [2.75, 3.05) is 0 Å². The fourth-order valence-electron chi connectivity index (χ4n) is 3.71. The molecular formula is C28H14F4N4. The highest BCUT2D eigenvalue weighted by Crippen LogP contribution is 2.33. The van der Waals surface area contributed by atoms with Crippen LogP contribution in [0.3, 0.4) is 0 Å². The third kappa shape index (κ3) is 4.07. The van der Waals surface area contributed by atoms with E-state index in [-0.39, 0.29) is 5.56 Å². The molecule has 0 N–H and O–H groups in total. The van der Waals surface area contributed by atoms with E-state index in [0.717, 1.165) is 17.2 Å². The quantitative estimate of drug-likeness (QED) is 0.205. The first kappa shape index (κ1) is 22.9. The Morgan fingerprint density at radius 1 is 0.472 bits per heavy atom. The molecule has 0 saturated carbocycles. The van der Waals surface area contributed by atoms with Crippen molar-refractivity contribution in [2.45, 2.75) is 0 Å². The lowest BCUT2D eigenvalue weighted by Gasteiger charge is -2.11. The monoisotopic (exact) mass is 482 g/mol. The summed E-state index contributed by atoms with van der Waals surface area (Å²) in [6.45, 7) is 0. The van der Waals surface area contributed by atoms with Crippen molar-refractivity contribution in [3.63, 3.8) is 0 Å². The molecule has 0 unspecified atom stereocenters. The van der Waals surface area contributed by atoms with E-state index in [1.54, 1.807) is 0 Å². The molecule has 0 aliphatic carbocycles. The van der Waals surface area contributed by atoms with Crippen LogP contribution < -0.4 is 0 Å². The van der Waals surface area contributed by atoms with Crippen LogP contribution in [0.1, 0.15) is 5.56 Å². The lowest BCUT2D eigenvalue weighted by atomic mass is 10.00. The Kier molecular flexibility index (Phi) is 5.97. The number of nitrogens with zero attached hydrogens (tertiary/aromatic N) is 4. The van der Waals surface area contributed by atoms with E-state index in [0.29, 0.717) is 23.0 Å². The largest absolute Gasteiger partial charge is 0.208 e. The summed E-state index contributed by atoms with van der Waals surface area (Å²) in [5.41, 5.74) is -0.300. The van der Waals surface area contributed by atoms with Gasteiger partial charge in [0.15, 0.2) is 40.7 Å². The minimum Gasteiger partial charge on any atom is -0.208 e. The van der Waals surface area contributed by atoms with Gasteiger partial charge in [0.1, 0.15) is 11.6 Å². The number of rotatable bonds is 4. The molecule has 0 aliphatic heterocycles. The summed E-state index contributed by atoms with van der Waals surface area (Å²) in [4.78, 5) is 13.7. The lowest BCUT2D eigenvalue weighted by molar-refractivity contribution is 0.454. The Hall–Kier alpha value is -4.90. The minimum atomic E-state index is -1.74. The van der Waals surface area contributed by atoms with E-state index in [4.69, 9.17) is 5.26 Å². The van der Waals surface area contributed by atoms with E-state index in [1.807, 2.05) is 60.7 Å². The third-order valence-electron chi connectivity index (χ3n) is 5.51. The fraction of sp³-hybridized carbons (Fsp3) is 0. The molecule has 4 nitrogen and oxygen atoms in total. The van der Waals surface area contributed by atoms with Crippen LogP contribution in [0.4, 0.5) is 17.6 Å². The predicted molar refractivity (Wildman–Crippen MR) is 126 cm³/mol. The second-order valence-corrected chi connectivity index (χ2v) is 7.73. The normalized spacial score (nSPS) is 10.8. The molecule has 0 fully saturated rings. The average Bonchev–Trinajstić information content (AvgIpc) is 2.93. The summed E-state index contributed by atoms with van der Waals surface area (Å²) >= 11 is 0. The van der Waals surface area contributed by atoms with Crippen LogP contribution in [0.5, 0.6) is 0 Å². The van der Waals surface area contributed by atoms with Gasteiger partial charge in [-0.3, -0.25) is 0 Å². The van der Waals surface area contributed by atoms with Crippen LogP contribution in [0.2, 0.25) is 0 Å². The third-order valence-corrected chi connectivity index (χ3v) is 5.51. The van der Waals surface area contributed by atoms with Crippen molar-refractivity contribution in [1.82, 2.24) is 15.0 Å². The summed E-state index contributed by atoms with van der Waals surface area (Å²) in [7, 11) is 0. The van der Waals surface area contributed by atoms with Crippen molar-refractivity contribution >= 4 is 0 Å². The van der Waals surface area contributed by atoms with Crippen LogP contribution in [0, 0.1) is 34.6 Å². The molecule has 8 heteroatoms. The Labute approximate surface area is 203 Å². The average molecular weight is 482 g/mol. The molecule has 36 heavy (non-hydrogen) atoms. The Balaban J connectivity index is 1.62. The van der Waals surface area contributed by atoms with Gasteiger partial charge in [-0.2, -0.15) is 5.26 Å². The highest BCUT2D eigenvalue weighted by atomic mass is 19.2. The fourth-order valence-corrected chi connectivity index (χ4v) is 3.71. The van der Waals surface area contributed by atoms with E-state index >= 15 is 0 Å². The highest BCUT2D eigenvalue weighted by Gasteiger charge is 2.26. The highest BCUT2D eigenvalue weighted by molar-refractivity contribution is 5.71. The number of nitriles is 1. The van der Waals surface area contributed by atoms with Crippen molar-refractivity contribution in [2.24, 2.45) is 0 Å². The SMILES string of the molecule is N#Cc1c(F)c(F)c(-c2ccc(-c3nc(-c4ccccc4)nc(-c4ccccc4)n3)cc2)c(F)c1F. The van der Waals surface area contributed by atoms with Crippen molar-refractivity contribution in [1.29, 1.82) is 5.26 Å². The van der Waals surface area contributed by atoms with Crippen molar-refractivity contribution in [3.8, 4) is 51.4 Å². The summed E-state index contributed by atoms with van der Waals surface area (Å²) < 4.78 is 57.3. The maximum absolute atomic E-state index is 14.5. The zero-order valence-corrected chi connectivity index (χ0v) is 18.4. The molecule has 0 saturated heterocycles. The van der Waals surface area contributed by atoms with Gasteiger partial charge in [-0.15, -0.1) is 0 Å². The van der Waals surface area contributed by atoms with Crippen LogP contribution in [0.15, 0.2) is 84.9 Å². The van der Waals surface area contributed by atoms with Gasteiger partial charge in [0.25, 0.3) is 0 Å². The van der Waals surface area contributed by atoms with Crippen LogP contribution in [-0.4, -0.2) is 15.0 Å². The smallest absolute Gasteiger partial charge is 0.180 e. The summed E-state index contributed by atoms with van der Waals surface area (Å²) in [5, 5.41) is 8.80. The number of hydrogen-bond donors (Lipinski definition) is 0. The number of benzene rings is 4. The first-order chi connectivity index (χ1) is 17.5.